The molecule has 0 bridgehead atoms. The van der Waals surface area contributed by atoms with Crippen LogP contribution in [0.5, 0.6) is 0 Å². The zero-order valence-corrected chi connectivity index (χ0v) is 20.3. The molecule has 0 unspecified atom stereocenters. The van der Waals surface area contributed by atoms with E-state index in [0.29, 0.717) is 6.04 Å². The summed E-state index contributed by atoms with van der Waals surface area (Å²) in [6.45, 7) is 2.03. The Morgan fingerprint density at radius 2 is 1.75 bits per heavy atom. The predicted octanol–water partition coefficient (Wildman–Crippen LogP) is 6.95. The van der Waals surface area contributed by atoms with Crippen LogP contribution < -0.4 is 10.7 Å². The van der Waals surface area contributed by atoms with E-state index < -0.39 is 0 Å². The minimum atomic E-state index is -0.256. The number of anilines is 2. The number of hydrogen-bond donors (Lipinski definition) is 1. The van der Waals surface area contributed by atoms with Crippen molar-refractivity contribution in [1.29, 1.82) is 0 Å². The molecule has 180 valence electrons. The van der Waals surface area contributed by atoms with Crippen LogP contribution >= 0.6 is 0 Å². The minimum Gasteiger partial charge on any atom is -0.352 e. The first-order valence-electron chi connectivity index (χ1n) is 12.6. The number of rotatable bonds is 4. The number of aryl methyl sites for hydroxylation is 1. The van der Waals surface area contributed by atoms with Crippen molar-refractivity contribution in [2.45, 2.75) is 45.1 Å². The lowest BCUT2D eigenvalue weighted by atomic mass is 9.96. The molecule has 3 aromatic rings. The van der Waals surface area contributed by atoms with E-state index in [2.05, 4.69) is 33.1 Å². The van der Waals surface area contributed by atoms with E-state index in [-0.39, 0.29) is 5.82 Å². The molecule has 36 heavy (non-hydrogen) atoms. The summed E-state index contributed by atoms with van der Waals surface area (Å²) in [6, 6.07) is 21.2. The van der Waals surface area contributed by atoms with Gasteiger partial charge in [0.25, 0.3) is 0 Å². The average molecular weight is 478 g/mol. The van der Waals surface area contributed by atoms with Gasteiger partial charge in [0.2, 0.25) is 0 Å². The fourth-order valence-corrected chi connectivity index (χ4v) is 5.10. The molecule has 2 heterocycles. The molecule has 1 aromatic heterocycles. The number of nitrogens with one attached hydrogen (secondary N) is 1. The van der Waals surface area contributed by atoms with Gasteiger partial charge < -0.3 is 9.88 Å². The molecule has 2 aromatic carbocycles. The molecule has 0 saturated heterocycles. The Morgan fingerprint density at radius 1 is 0.944 bits per heavy atom. The zero-order valence-electron chi connectivity index (χ0n) is 20.3. The summed E-state index contributed by atoms with van der Waals surface area (Å²) in [5.74, 6) is -0.256. The summed E-state index contributed by atoms with van der Waals surface area (Å²) < 4.78 is 15.9. The second kappa shape index (κ2) is 9.53. The highest BCUT2D eigenvalue weighted by molar-refractivity contribution is 5.84. The molecular formula is C30H28FN5. The topological polar surface area (TPSA) is 55.1 Å². The summed E-state index contributed by atoms with van der Waals surface area (Å²) in [5.41, 5.74) is 7.40. The van der Waals surface area contributed by atoms with Crippen LogP contribution in [0.2, 0.25) is 0 Å². The smallest absolute Gasteiger partial charge is 0.123 e. The third kappa shape index (κ3) is 4.47. The van der Waals surface area contributed by atoms with Crippen LogP contribution in [0.3, 0.4) is 0 Å². The fraction of sp³-hybridized carbons (Fsp3) is 0.233. The van der Waals surface area contributed by atoms with Crippen molar-refractivity contribution in [2.24, 2.45) is 4.99 Å². The third-order valence-electron chi connectivity index (χ3n) is 6.83. The van der Waals surface area contributed by atoms with E-state index in [1.54, 1.807) is 0 Å². The molecule has 3 aliphatic rings. The number of hydrogen-bond acceptors (Lipinski definition) is 4. The SMILES string of the molecule is Cc1cncc(Nc2cc3nc4ccccc4n(-c4ccc(F)cc4)c-3c/c2=N\C2CCCCC2)c1. The lowest BCUT2D eigenvalue weighted by Gasteiger charge is -2.21. The van der Waals surface area contributed by atoms with Crippen LogP contribution in [-0.4, -0.2) is 20.6 Å². The van der Waals surface area contributed by atoms with E-state index >= 15 is 0 Å². The zero-order chi connectivity index (χ0) is 24.5. The molecule has 0 atom stereocenters. The molecule has 1 fully saturated rings. The Bertz CT molecular complexity index is 1570. The maximum absolute atomic E-state index is 13.8. The molecule has 2 aliphatic carbocycles. The molecule has 1 N–H and O–H groups in total. The van der Waals surface area contributed by atoms with E-state index in [1.165, 1.54) is 31.4 Å². The van der Waals surface area contributed by atoms with Gasteiger partial charge >= 0.3 is 0 Å². The first kappa shape index (κ1) is 22.4. The summed E-state index contributed by atoms with van der Waals surface area (Å²) in [7, 11) is 0. The van der Waals surface area contributed by atoms with E-state index in [1.807, 2.05) is 55.7 Å². The van der Waals surface area contributed by atoms with Crippen LogP contribution in [0.15, 0.2) is 84.1 Å². The van der Waals surface area contributed by atoms with Crippen LogP contribution in [0.25, 0.3) is 28.1 Å². The van der Waals surface area contributed by atoms with Gasteiger partial charge in [-0.05, 0) is 79.9 Å². The molecule has 0 amide bonds. The fourth-order valence-electron chi connectivity index (χ4n) is 5.10. The number of para-hydroxylation sites is 2. The summed E-state index contributed by atoms with van der Waals surface area (Å²) in [5, 5.41) is 4.46. The summed E-state index contributed by atoms with van der Waals surface area (Å²) in [6.07, 6.45) is 9.60. The highest BCUT2D eigenvalue weighted by atomic mass is 19.1. The standard InChI is InChI=1S/C30H28FN5/c1-20-15-23(19-32-18-20)34-26-16-28-30(17-27(26)33-22-7-3-2-4-8-22)36(24-13-11-21(31)12-14-24)29-10-6-5-9-25(29)35-28/h5-6,9-19,22,34H,2-4,7-8H2,1H3/b33-27+. The van der Waals surface area contributed by atoms with Gasteiger partial charge in [-0.1, -0.05) is 31.4 Å². The highest BCUT2D eigenvalue weighted by Gasteiger charge is 2.18. The Hall–Kier alpha value is -4.06. The van der Waals surface area contributed by atoms with Gasteiger partial charge in [0.1, 0.15) is 5.82 Å². The number of aromatic nitrogens is 3. The number of benzene rings is 3. The number of fused-ring (bicyclic) bond motifs is 2. The van der Waals surface area contributed by atoms with Crippen molar-refractivity contribution < 1.29 is 4.39 Å². The monoisotopic (exact) mass is 477 g/mol. The van der Waals surface area contributed by atoms with Gasteiger partial charge in [-0.3, -0.25) is 9.98 Å². The average Bonchev–Trinajstić information content (AvgIpc) is 2.89. The normalized spacial score (nSPS) is 15.0. The van der Waals surface area contributed by atoms with Crippen LogP contribution in [0.1, 0.15) is 37.7 Å². The van der Waals surface area contributed by atoms with Crippen molar-refractivity contribution in [3.8, 4) is 17.1 Å². The maximum atomic E-state index is 13.8. The first-order valence-corrected chi connectivity index (χ1v) is 12.6. The maximum Gasteiger partial charge on any atom is 0.123 e. The van der Waals surface area contributed by atoms with Crippen molar-refractivity contribution in [1.82, 2.24) is 14.5 Å². The van der Waals surface area contributed by atoms with E-state index in [9.17, 15) is 4.39 Å². The second-order valence-electron chi connectivity index (χ2n) is 9.57. The van der Waals surface area contributed by atoms with Gasteiger partial charge in [0, 0.05) is 11.9 Å². The predicted molar refractivity (Wildman–Crippen MR) is 142 cm³/mol. The van der Waals surface area contributed by atoms with Crippen LogP contribution in [0, 0.1) is 12.7 Å². The van der Waals surface area contributed by atoms with Crippen LogP contribution in [0.4, 0.5) is 15.8 Å². The Kier molecular flexibility index (Phi) is 5.93. The molecule has 0 spiro atoms. The highest BCUT2D eigenvalue weighted by Crippen LogP contribution is 2.31. The number of halogens is 1. The Labute approximate surface area is 209 Å². The van der Waals surface area contributed by atoms with E-state index in [0.717, 1.165) is 63.2 Å². The largest absolute Gasteiger partial charge is 0.352 e. The van der Waals surface area contributed by atoms with Crippen molar-refractivity contribution in [3.63, 3.8) is 0 Å². The molecule has 0 radical (unpaired) electrons. The van der Waals surface area contributed by atoms with Gasteiger partial charge in [-0.2, -0.15) is 0 Å². The van der Waals surface area contributed by atoms with Crippen molar-refractivity contribution in [3.05, 3.63) is 95.9 Å². The summed E-state index contributed by atoms with van der Waals surface area (Å²) >= 11 is 0. The Morgan fingerprint density at radius 3 is 2.56 bits per heavy atom. The van der Waals surface area contributed by atoms with Crippen molar-refractivity contribution >= 4 is 22.4 Å². The molecule has 1 saturated carbocycles. The van der Waals surface area contributed by atoms with Gasteiger partial charge in [-0.15, -0.1) is 0 Å². The van der Waals surface area contributed by atoms with Gasteiger partial charge in [-0.25, -0.2) is 9.37 Å². The summed E-state index contributed by atoms with van der Waals surface area (Å²) in [4.78, 5) is 14.6. The molecule has 6 heteroatoms. The molecule has 1 aliphatic heterocycles. The quantitative estimate of drug-likeness (QED) is 0.285. The van der Waals surface area contributed by atoms with Gasteiger partial charge in [0.05, 0.1) is 51.4 Å². The Balaban J connectivity index is 1.62. The number of nitrogens with zero attached hydrogens (tertiary/aromatic N) is 4. The second-order valence-corrected chi connectivity index (χ2v) is 9.57. The van der Waals surface area contributed by atoms with Gasteiger partial charge in [0.15, 0.2) is 0 Å². The molecule has 6 rings (SSSR count). The lowest BCUT2D eigenvalue weighted by molar-refractivity contribution is 0.437. The van der Waals surface area contributed by atoms with E-state index in [4.69, 9.17) is 9.98 Å². The van der Waals surface area contributed by atoms with Crippen LogP contribution in [-0.2, 0) is 0 Å². The molecular weight excluding hydrogens is 449 g/mol. The minimum absolute atomic E-state index is 0.256. The lowest BCUT2D eigenvalue weighted by Crippen LogP contribution is -2.19. The third-order valence-corrected chi connectivity index (χ3v) is 6.83. The van der Waals surface area contributed by atoms with Crippen molar-refractivity contribution in [2.75, 3.05) is 5.32 Å². The first-order chi connectivity index (χ1) is 17.6. The molecule has 5 nitrogen and oxygen atoms in total. The number of pyridine rings is 1.